The van der Waals surface area contributed by atoms with Crippen molar-refractivity contribution in [2.45, 2.75) is 38.1 Å². The van der Waals surface area contributed by atoms with Gasteiger partial charge in [0.15, 0.2) is 0 Å². The highest BCUT2D eigenvalue weighted by molar-refractivity contribution is 5.75. The number of carbonyl (C=O) groups excluding carboxylic acids is 1. The summed E-state index contributed by atoms with van der Waals surface area (Å²) in [6.07, 6.45) is -0.515. The minimum Gasteiger partial charge on any atom is -0.463 e. The molecule has 1 aliphatic rings. The van der Waals surface area contributed by atoms with E-state index in [4.69, 9.17) is 4.74 Å². The standard InChI is InChI=1S/C9H11F3O3/c10-9(11,12)8(13)15-7-5-3-1-2-4-6-14-7/h4,6-7H,1-3,5H2/b6-4-. The van der Waals surface area contributed by atoms with Gasteiger partial charge < -0.3 is 9.47 Å². The number of hydrogen-bond donors (Lipinski definition) is 0. The van der Waals surface area contributed by atoms with E-state index in [1.807, 2.05) is 0 Å². The van der Waals surface area contributed by atoms with Crippen molar-refractivity contribution in [3.05, 3.63) is 12.3 Å². The lowest BCUT2D eigenvalue weighted by Gasteiger charge is -2.19. The Bertz CT molecular complexity index is 247. The number of allylic oxidation sites excluding steroid dienone is 1. The Labute approximate surface area is 84.8 Å². The van der Waals surface area contributed by atoms with E-state index in [-0.39, 0.29) is 6.42 Å². The summed E-state index contributed by atoms with van der Waals surface area (Å²) in [5.74, 6) is -2.21. The second-order valence-corrected chi connectivity index (χ2v) is 3.12. The molecule has 0 aromatic rings. The van der Waals surface area contributed by atoms with Gasteiger partial charge in [-0.2, -0.15) is 13.2 Å². The third kappa shape index (κ3) is 4.22. The topological polar surface area (TPSA) is 35.5 Å². The fraction of sp³-hybridized carbons (Fsp3) is 0.667. The maximum atomic E-state index is 11.8. The number of hydrogen-bond acceptors (Lipinski definition) is 3. The zero-order chi connectivity index (χ0) is 11.3. The van der Waals surface area contributed by atoms with Crippen LogP contribution in [-0.2, 0) is 14.3 Å². The van der Waals surface area contributed by atoms with Gasteiger partial charge in [0, 0.05) is 6.42 Å². The Morgan fingerprint density at radius 3 is 2.80 bits per heavy atom. The van der Waals surface area contributed by atoms with Crippen LogP contribution in [0.15, 0.2) is 12.3 Å². The maximum absolute atomic E-state index is 11.8. The highest BCUT2D eigenvalue weighted by atomic mass is 19.4. The zero-order valence-corrected chi connectivity index (χ0v) is 7.92. The molecule has 0 aromatic carbocycles. The van der Waals surface area contributed by atoms with Crippen molar-refractivity contribution in [1.82, 2.24) is 0 Å². The van der Waals surface area contributed by atoms with E-state index in [9.17, 15) is 18.0 Å². The Kier molecular flexibility index (Phi) is 3.99. The van der Waals surface area contributed by atoms with Crippen LogP contribution < -0.4 is 0 Å². The summed E-state index contributed by atoms with van der Waals surface area (Å²) in [4.78, 5) is 10.5. The van der Waals surface area contributed by atoms with Crippen molar-refractivity contribution in [3.8, 4) is 0 Å². The van der Waals surface area contributed by atoms with Gasteiger partial charge in [0.2, 0.25) is 6.29 Å². The van der Waals surface area contributed by atoms with Crippen molar-refractivity contribution < 1.29 is 27.4 Å². The molecule has 1 heterocycles. The predicted octanol–water partition coefficient (Wildman–Crippen LogP) is 2.52. The maximum Gasteiger partial charge on any atom is 0.491 e. The van der Waals surface area contributed by atoms with Crippen LogP contribution in [0.1, 0.15) is 25.7 Å². The Morgan fingerprint density at radius 1 is 1.40 bits per heavy atom. The molecule has 0 fully saturated rings. The summed E-state index contributed by atoms with van der Waals surface area (Å²) in [5.41, 5.74) is 0. The van der Waals surface area contributed by atoms with Gasteiger partial charge in [-0.1, -0.05) is 0 Å². The monoisotopic (exact) mass is 224 g/mol. The molecule has 0 radical (unpaired) electrons. The molecule has 1 aliphatic heterocycles. The molecule has 1 rings (SSSR count). The fourth-order valence-corrected chi connectivity index (χ4v) is 1.13. The van der Waals surface area contributed by atoms with Crippen LogP contribution in [0, 0.1) is 0 Å². The summed E-state index contributed by atoms with van der Waals surface area (Å²) in [6, 6.07) is 0. The first-order valence-corrected chi connectivity index (χ1v) is 4.58. The average Bonchev–Trinajstić information content (AvgIpc) is 2.07. The second kappa shape index (κ2) is 5.04. The number of carbonyl (C=O) groups is 1. The second-order valence-electron chi connectivity index (χ2n) is 3.12. The molecule has 0 saturated carbocycles. The zero-order valence-electron chi connectivity index (χ0n) is 7.92. The number of esters is 1. The lowest BCUT2D eigenvalue weighted by atomic mass is 10.2. The van der Waals surface area contributed by atoms with Gasteiger partial charge in [-0.15, -0.1) is 0 Å². The summed E-state index contributed by atoms with van der Waals surface area (Å²) in [5, 5.41) is 0. The minimum absolute atomic E-state index is 0.284. The Hall–Kier alpha value is -1.20. The predicted molar refractivity (Wildman–Crippen MR) is 44.6 cm³/mol. The first kappa shape index (κ1) is 11.9. The van der Waals surface area contributed by atoms with E-state index >= 15 is 0 Å². The number of rotatable bonds is 1. The van der Waals surface area contributed by atoms with Crippen LogP contribution in [0.5, 0.6) is 0 Å². The Morgan fingerprint density at radius 2 is 2.13 bits per heavy atom. The lowest BCUT2D eigenvalue weighted by Crippen LogP contribution is -2.31. The van der Waals surface area contributed by atoms with Crippen molar-refractivity contribution in [2.24, 2.45) is 0 Å². The molecule has 6 heteroatoms. The van der Waals surface area contributed by atoms with Crippen LogP contribution in [-0.4, -0.2) is 18.4 Å². The van der Waals surface area contributed by atoms with Gasteiger partial charge in [0.1, 0.15) is 0 Å². The van der Waals surface area contributed by atoms with Crippen LogP contribution in [0.25, 0.3) is 0 Å². The molecule has 1 atom stereocenters. The molecule has 0 aromatic heterocycles. The molecule has 0 aliphatic carbocycles. The first-order chi connectivity index (χ1) is 7.00. The summed E-state index contributed by atoms with van der Waals surface area (Å²) in [7, 11) is 0. The minimum atomic E-state index is -4.96. The van der Waals surface area contributed by atoms with Gasteiger partial charge in [0.05, 0.1) is 6.26 Å². The summed E-state index contributed by atoms with van der Waals surface area (Å²) >= 11 is 0. The normalized spacial score (nSPS) is 24.6. The molecule has 1 unspecified atom stereocenters. The molecule has 0 amide bonds. The van der Waals surface area contributed by atoms with E-state index in [0.29, 0.717) is 6.42 Å². The van der Waals surface area contributed by atoms with E-state index in [0.717, 1.165) is 12.8 Å². The van der Waals surface area contributed by atoms with E-state index in [1.54, 1.807) is 6.08 Å². The van der Waals surface area contributed by atoms with E-state index in [1.165, 1.54) is 6.26 Å². The molecule has 0 saturated heterocycles. The molecule has 0 N–H and O–H groups in total. The smallest absolute Gasteiger partial charge is 0.463 e. The van der Waals surface area contributed by atoms with Crippen LogP contribution in [0.2, 0.25) is 0 Å². The SMILES string of the molecule is O=C(OC1CCCC/C=C\O1)C(F)(F)F. The molecule has 0 bridgehead atoms. The molecular weight excluding hydrogens is 213 g/mol. The number of ether oxygens (including phenoxy) is 2. The average molecular weight is 224 g/mol. The first-order valence-electron chi connectivity index (χ1n) is 4.58. The van der Waals surface area contributed by atoms with Crippen molar-refractivity contribution in [1.29, 1.82) is 0 Å². The van der Waals surface area contributed by atoms with Gasteiger partial charge in [-0.05, 0) is 25.3 Å². The molecular formula is C9H11F3O3. The van der Waals surface area contributed by atoms with Gasteiger partial charge in [-0.25, -0.2) is 4.79 Å². The third-order valence-electron chi connectivity index (χ3n) is 1.86. The largest absolute Gasteiger partial charge is 0.491 e. The summed E-state index contributed by atoms with van der Waals surface area (Å²) in [6.45, 7) is 0. The number of alkyl halides is 3. The summed E-state index contributed by atoms with van der Waals surface area (Å²) < 4.78 is 44.5. The van der Waals surface area contributed by atoms with E-state index < -0.39 is 18.4 Å². The van der Waals surface area contributed by atoms with Crippen molar-refractivity contribution >= 4 is 5.97 Å². The number of halogens is 3. The molecule has 15 heavy (non-hydrogen) atoms. The fourth-order valence-electron chi connectivity index (χ4n) is 1.13. The van der Waals surface area contributed by atoms with Crippen molar-refractivity contribution in [2.75, 3.05) is 0 Å². The van der Waals surface area contributed by atoms with Crippen LogP contribution >= 0.6 is 0 Å². The van der Waals surface area contributed by atoms with Gasteiger partial charge in [-0.3, -0.25) is 0 Å². The third-order valence-corrected chi connectivity index (χ3v) is 1.86. The quantitative estimate of drug-likeness (QED) is 0.642. The molecule has 3 nitrogen and oxygen atoms in total. The highest BCUT2D eigenvalue weighted by Gasteiger charge is 2.42. The van der Waals surface area contributed by atoms with Crippen LogP contribution in [0.4, 0.5) is 13.2 Å². The highest BCUT2D eigenvalue weighted by Crippen LogP contribution is 2.20. The van der Waals surface area contributed by atoms with Crippen LogP contribution in [0.3, 0.4) is 0 Å². The molecule has 86 valence electrons. The molecule has 0 spiro atoms. The van der Waals surface area contributed by atoms with Gasteiger partial charge in [0.25, 0.3) is 0 Å². The lowest BCUT2D eigenvalue weighted by molar-refractivity contribution is -0.220. The van der Waals surface area contributed by atoms with E-state index in [2.05, 4.69) is 4.74 Å². The Balaban J connectivity index is 2.45. The van der Waals surface area contributed by atoms with Gasteiger partial charge >= 0.3 is 12.1 Å². The van der Waals surface area contributed by atoms with Crippen molar-refractivity contribution in [3.63, 3.8) is 0 Å².